The Hall–Kier alpha value is -6.81. The molecule has 372 valence electrons. The van der Waals surface area contributed by atoms with E-state index in [9.17, 15) is 16.8 Å². The Morgan fingerprint density at radius 3 is 1.15 bits per heavy atom. The molecule has 0 fully saturated rings. The molecule has 0 amide bonds. The van der Waals surface area contributed by atoms with Crippen molar-refractivity contribution in [2.24, 2.45) is 0 Å². The zero-order valence-corrected chi connectivity index (χ0v) is 49.3. The summed E-state index contributed by atoms with van der Waals surface area (Å²) in [7, 11) is -7.04. The van der Waals surface area contributed by atoms with Crippen LogP contribution < -0.4 is 9.80 Å². The predicted molar refractivity (Wildman–Crippen MR) is 311 cm³/mol. The van der Waals surface area contributed by atoms with Gasteiger partial charge in [0.1, 0.15) is 0 Å². The molecule has 2 aliphatic carbocycles. The molecule has 9 heterocycles. The molecule has 0 atom stereocenters. The first-order chi connectivity index (χ1) is 38.2. The van der Waals surface area contributed by atoms with Gasteiger partial charge < -0.3 is 0 Å². The minimum atomic E-state index is -3.53. The number of nitrogens with zero attached hydrogens (tertiary/aromatic N) is 3. The van der Waals surface area contributed by atoms with Crippen molar-refractivity contribution in [2.45, 2.75) is 30.4 Å². The molecule has 2 spiro atoms. The Kier molecular flexibility index (Phi) is 9.69. The maximum atomic E-state index is 13.3. The summed E-state index contributed by atoms with van der Waals surface area (Å²) in [6.07, 6.45) is 1.86. The zero-order valence-electron chi connectivity index (χ0n) is 40.8. The van der Waals surface area contributed by atoms with Crippen LogP contribution in [0.3, 0.4) is 0 Å². The topological polar surface area (TPSA) is 87.7 Å². The first-order valence-corrected chi connectivity index (χ1v) is 35.7. The molecule has 13 heteroatoms. The van der Waals surface area contributed by atoms with Gasteiger partial charge in [-0.2, -0.15) is 0 Å². The molecule has 0 radical (unpaired) electrons. The quantitative estimate of drug-likeness (QED) is 0.159. The monoisotopic (exact) mass is 1310 g/mol. The van der Waals surface area contributed by atoms with Crippen molar-refractivity contribution in [3.63, 3.8) is 0 Å². The number of hydrogen-bond acceptors (Lipinski definition) is 7. The van der Waals surface area contributed by atoms with E-state index in [-0.39, 0.29) is 10.8 Å². The van der Waals surface area contributed by atoms with Gasteiger partial charge in [-0.1, -0.05) is 12.1 Å². The second kappa shape index (κ2) is 16.4. The van der Waals surface area contributed by atoms with Gasteiger partial charge in [-0.05, 0) is 0 Å². The van der Waals surface area contributed by atoms with E-state index in [4.69, 9.17) is 4.98 Å². The Morgan fingerprint density at radius 2 is 0.692 bits per heavy atom. The van der Waals surface area contributed by atoms with Crippen LogP contribution in [0, 0.1) is 0 Å². The van der Waals surface area contributed by atoms with E-state index in [2.05, 4.69) is 139 Å². The number of fused-ring (bicyclic) bond motifs is 24. The number of anilines is 6. The molecule has 6 aliphatic rings. The van der Waals surface area contributed by atoms with Crippen LogP contribution in [0.1, 0.15) is 44.5 Å². The predicted octanol–water partition coefficient (Wildman–Crippen LogP) is 12.9. The van der Waals surface area contributed by atoms with E-state index < -0.39 is 19.7 Å². The Labute approximate surface area is 474 Å². The van der Waals surface area contributed by atoms with Gasteiger partial charge in [-0.25, -0.2) is 0 Å². The van der Waals surface area contributed by atoms with E-state index in [1.54, 1.807) is 54.1 Å². The van der Waals surface area contributed by atoms with Crippen LogP contribution in [0.4, 0.5) is 34.3 Å². The Bertz CT molecular complexity index is 4370. The van der Waals surface area contributed by atoms with Crippen LogP contribution in [0.25, 0.3) is 40.0 Å². The van der Waals surface area contributed by atoms with Gasteiger partial charge >= 0.3 is 466 Å². The van der Waals surface area contributed by atoms with Crippen molar-refractivity contribution in [1.29, 1.82) is 0 Å². The summed E-state index contributed by atoms with van der Waals surface area (Å²) in [6, 6.07) is 66.2. The molecule has 4 aliphatic heterocycles. The minimum absolute atomic E-state index is 0.315. The maximum absolute atomic E-state index is 13.3. The van der Waals surface area contributed by atoms with E-state index >= 15 is 0 Å². The standard InChI is InChI=1S/C33H19NO2SSe2.C32H18N2O2SSe2/c35-37(36)29-12-6-1-7-21(29)22-19-20(13-14-30(22)37)34-27-10-4-2-8-23(27)33(24-9-3-5-11-28(24)34)25-15-17-38-31(25)32-26(33)16-18-39-32;35-37(36)27-10-4-1-6-20(27)21-18-19(11-12-28(21)37)34-26-9-3-2-7-22(26)32(25-8-5-15-33-31(25)34)23-13-16-38-29(23)30-24(32)14-17-39-30/h1-19H;1-18H. The van der Waals surface area contributed by atoms with Crippen molar-refractivity contribution >= 4 is 112 Å². The van der Waals surface area contributed by atoms with Crippen LogP contribution >= 0.6 is 0 Å². The summed E-state index contributed by atoms with van der Waals surface area (Å²) in [4.78, 5) is 20.6. The summed E-state index contributed by atoms with van der Waals surface area (Å²) in [6.45, 7) is 0. The molecule has 0 bridgehead atoms. The fourth-order valence-electron chi connectivity index (χ4n) is 13.8. The molecule has 0 saturated carbocycles. The average molecular weight is 1300 g/mol. The zero-order chi connectivity index (χ0) is 51.9. The molecule has 12 aromatic rings. The summed E-state index contributed by atoms with van der Waals surface area (Å²) >= 11 is 1.43. The van der Waals surface area contributed by atoms with Crippen molar-refractivity contribution < 1.29 is 16.8 Å². The number of hydrogen-bond donors (Lipinski definition) is 0. The summed E-state index contributed by atoms with van der Waals surface area (Å²) in [5, 5.41) is 0. The van der Waals surface area contributed by atoms with E-state index in [0.717, 1.165) is 56.5 Å². The third kappa shape index (κ3) is 5.72. The molecular weight excluding hydrogens is 1270 g/mol. The van der Waals surface area contributed by atoms with Crippen LogP contribution in [0.2, 0.25) is 0 Å². The first-order valence-electron chi connectivity index (χ1n) is 25.4. The Morgan fingerprint density at radius 1 is 0.333 bits per heavy atom. The van der Waals surface area contributed by atoms with Gasteiger partial charge in [-0.15, -0.1) is 0 Å². The van der Waals surface area contributed by atoms with Crippen LogP contribution in [0.5, 0.6) is 0 Å². The number of pyridine rings is 1. The van der Waals surface area contributed by atoms with Crippen LogP contribution in [-0.4, -0.2) is 79.8 Å². The molecule has 78 heavy (non-hydrogen) atoms. The van der Waals surface area contributed by atoms with Gasteiger partial charge in [0.05, 0.1) is 0 Å². The summed E-state index contributed by atoms with van der Waals surface area (Å²) < 4.78 is 59.4. The SMILES string of the molecule is O=S1(=O)c2ccccc2-c2cc(N3c4ccccc4C4(c5ccccc53)c3cc[se]c3-c3[se]ccc34)ccc21.O=S1(=O)c2ccccc2-c2cc(N3c4ccccc4C4(c5cccnc53)c3cc[se]c3-c3[se]ccc34)ccc21. The number of rotatable bonds is 2. The normalized spacial score (nSPS) is 16.3. The second-order valence-electron chi connectivity index (χ2n) is 20.1. The van der Waals surface area contributed by atoms with Crippen molar-refractivity contribution in [3.05, 3.63) is 265 Å². The number of sulfone groups is 2. The van der Waals surface area contributed by atoms with Crippen molar-refractivity contribution in [2.75, 3.05) is 9.80 Å². The molecule has 0 N–H and O–H groups in total. The molecule has 7 aromatic carbocycles. The number of para-hydroxylation sites is 3. The molecule has 5 aromatic heterocycles. The number of benzene rings is 7. The third-order valence-electron chi connectivity index (χ3n) is 16.7. The molecular formula is C65H37N3O4S2Se4. The molecule has 0 saturated heterocycles. The van der Waals surface area contributed by atoms with Gasteiger partial charge in [0.2, 0.25) is 0 Å². The molecule has 0 unspecified atom stereocenters. The molecule has 7 nitrogen and oxygen atoms in total. The van der Waals surface area contributed by atoms with Crippen molar-refractivity contribution in [3.8, 4) is 40.0 Å². The summed E-state index contributed by atoms with van der Waals surface area (Å²) in [5.74, 6) is 0.895. The fraction of sp³-hybridized carbons (Fsp3) is 0.0308. The third-order valence-corrected chi connectivity index (χ3v) is 29.6. The second-order valence-corrected chi connectivity index (χ2v) is 31.6. The van der Waals surface area contributed by atoms with Crippen molar-refractivity contribution in [1.82, 2.24) is 4.98 Å². The van der Waals surface area contributed by atoms with Gasteiger partial charge in [0.15, 0.2) is 0 Å². The summed E-state index contributed by atoms with van der Waals surface area (Å²) in [5.41, 5.74) is 18.3. The van der Waals surface area contributed by atoms with E-state index in [1.165, 1.54) is 44.5 Å². The number of aromatic nitrogens is 1. The molecule has 18 rings (SSSR count). The van der Waals surface area contributed by atoms with E-state index in [1.807, 2.05) is 54.7 Å². The Balaban J connectivity index is 0.000000126. The fourth-order valence-corrected chi connectivity index (χ4v) is 26.8. The van der Waals surface area contributed by atoms with Crippen LogP contribution in [-0.2, 0) is 30.5 Å². The van der Waals surface area contributed by atoms with Crippen LogP contribution in [0.15, 0.2) is 240 Å². The first kappa shape index (κ1) is 46.1. The van der Waals surface area contributed by atoms with Gasteiger partial charge in [-0.3, -0.25) is 0 Å². The van der Waals surface area contributed by atoms with Gasteiger partial charge in [0, 0.05) is 0 Å². The average Bonchev–Trinajstić information content (AvgIpc) is 4.36. The van der Waals surface area contributed by atoms with E-state index in [0.29, 0.717) is 77.6 Å². The van der Waals surface area contributed by atoms with Gasteiger partial charge in [0.25, 0.3) is 0 Å².